The van der Waals surface area contributed by atoms with Crippen LogP contribution in [0, 0.1) is 0 Å². The molecule has 0 saturated carbocycles. The topological polar surface area (TPSA) is 75.6 Å². The number of fused-ring (bicyclic) bond motifs is 2. The highest BCUT2D eigenvalue weighted by molar-refractivity contribution is 6.02. The van der Waals surface area contributed by atoms with Gasteiger partial charge in [-0.05, 0) is 38.7 Å². The first kappa shape index (κ1) is 20.6. The summed E-state index contributed by atoms with van der Waals surface area (Å²) in [5, 5.41) is 16.6. The van der Waals surface area contributed by atoms with Crippen LogP contribution >= 0.6 is 0 Å². The molecule has 0 spiro atoms. The van der Waals surface area contributed by atoms with E-state index in [4.69, 9.17) is 4.74 Å². The molecule has 4 aromatic rings. The molecule has 1 amide bonds. The molecule has 0 aliphatic heterocycles. The lowest BCUT2D eigenvalue weighted by Crippen LogP contribution is -2.44. The Labute approximate surface area is 180 Å². The molecule has 0 fully saturated rings. The minimum absolute atomic E-state index is 0.161. The van der Waals surface area contributed by atoms with Gasteiger partial charge in [0.2, 0.25) is 0 Å². The lowest BCUT2D eigenvalue weighted by atomic mass is 9.92. The third-order valence-electron chi connectivity index (χ3n) is 5.48. The van der Waals surface area contributed by atoms with Crippen LogP contribution in [-0.4, -0.2) is 30.1 Å². The van der Waals surface area contributed by atoms with E-state index in [0.717, 1.165) is 27.1 Å². The molecule has 4 aromatic carbocycles. The molecule has 2 N–H and O–H groups in total. The number of hydrogen-bond donors (Lipinski definition) is 2. The Morgan fingerprint density at radius 2 is 1.42 bits per heavy atom. The van der Waals surface area contributed by atoms with Gasteiger partial charge < -0.3 is 15.2 Å². The van der Waals surface area contributed by atoms with Gasteiger partial charge in [0.15, 0.2) is 6.10 Å². The van der Waals surface area contributed by atoms with E-state index in [9.17, 15) is 14.7 Å². The summed E-state index contributed by atoms with van der Waals surface area (Å²) in [5.41, 5.74) is 1.57. The number of hydrogen-bond acceptors (Lipinski definition) is 3. The van der Waals surface area contributed by atoms with Crippen LogP contribution in [0.25, 0.3) is 21.5 Å². The van der Waals surface area contributed by atoms with E-state index in [1.165, 1.54) is 7.11 Å². The zero-order valence-corrected chi connectivity index (χ0v) is 17.1. The quantitative estimate of drug-likeness (QED) is 0.438. The van der Waals surface area contributed by atoms with E-state index in [2.05, 4.69) is 11.4 Å². The van der Waals surface area contributed by atoms with E-state index >= 15 is 0 Å². The van der Waals surface area contributed by atoms with Crippen molar-refractivity contribution in [3.05, 3.63) is 96.1 Å². The largest absolute Gasteiger partial charge is 0.480 e. The molecule has 0 unspecified atom stereocenters. The van der Waals surface area contributed by atoms with Crippen LogP contribution in [0.3, 0.4) is 0 Å². The molecule has 0 radical (unpaired) electrons. The second-order valence-corrected chi connectivity index (χ2v) is 7.43. The van der Waals surface area contributed by atoms with Crippen molar-refractivity contribution in [1.29, 1.82) is 0 Å². The number of rotatable bonds is 7. The SMILES string of the molecule is CO[C@H](C(=O)N[C@@H](Cc1c2ccccc2cc2ccccc12)C(=O)O)c1ccccc1. The van der Waals surface area contributed by atoms with Gasteiger partial charge in [0.05, 0.1) is 0 Å². The summed E-state index contributed by atoms with van der Waals surface area (Å²) in [6.45, 7) is 0. The number of benzene rings is 4. The molecule has 0 aliphatic carbocycles. The number of aliphatic carboxylic acids is 1. The van der Waals surface area contributed by atoms with Crippen LogP contribution in [0.15, 0.2) is 84.9 Å². The minimum Gasteiger partial charge on any atom is -0.480 e. The fraction of sp³-hybridized carbons (Fsp3) is 0.154. The van der Waals surface area contributed by atoms with E-state index < -0.39 is 24.0 Å². The Kier molecular flexibility index (Phi) is 5.96. The fourth-order valence-corrected chi connectivity index (χ4v) is 4.00. The molecule has 4 rings (SSSR count). The van der Waals surface area contributed by atoms with Crippen LogP contribution in [0.1, 0.15) is 17.2 Å². The average Bonchev–Trinajstić information content (AvgIpc) is 2.79. The molecule has 156 valence electrons. The molecule has 31 heavy (non-hydrogen) atoms. The Morgan fingerprint density at radius 3 is 1.97 bits per heavy atom. The summed E-state index contributed by atoms with van der Waals surface area (Å²) < 4.78 is 5.36. The van der Waals surface area contributed by atoms with Gasteiger partial charge in [-0.2, -0.15) is 0 Å². The van der Waals surface area contributed by atoms with Gasteiger partial charge in [0, 0.05) is 13.5 Å². The molecule has 0 heterocycles. The number of amides is 1. The standard InChI is InChI=1S/C26H23NO4/c1-31-24(17-9-3-2-4-10-17)25(28)27-23(26(29)30)16-22-20-13-7-5-11-18(20)15-19-12-6-8-14-21(19)22/h2-15,23-24H,16H2,1H3,(H,27,28)(H,29,30)/t23-,24-/m0/s1. The van der Waals surface area contributed by atoms with Gasteiger partial charge in [-0.1, -0.05) is 78.9 Å². The van der Waals surface area contributed by atoms with Crippen molar-refractivity contribution in [2.24, 2.45) is 0 Å². The monoisotopic (exact) mass is 413 g/mol. The highest BCUT2D eigenvalue weighted by atomic mass is 16.5. The lowest BCUT2D eigenvalue weighted by molar-refractivity contribution is -0.144. The van der Waals surface area contributed by atoms with Crippen molar-refractivity contribution in [1.82, 2.24) is 5.32 Å². The zero-order valence-electron chi connectivity index (χ0n) is 17.1. The highest BCUT2D eigenvalue weighted by Gasteiger charge is 2.27. The van der Waals surface area contributed by atoms with Crippen LogP contribution in [-0.2, 0) is 20.7 Å². The van der Waals surface area contributed by atoms with Crippen LogP contribution in [0.2, 0.25) is 0 Å². The number of carboxylic acids is 1. The van der Waals surface area contributed by atoms with E-state index in [1.54, 1.807) is 12.1 Å². The van der Waals surface area contributed by atoms with Crippen LogP contribution < -0.4 is 5.32 Å². The Bertz CT molecular complexity index is 1180. The first-order valence-electron chi connectivity index (χ1n) is 10.1. The second-order valence-electron chi connectivity index (χ2n) is 7.43. The highest BCUT2D eigenvalue weighted by Crippen LogP contribution is 2.29. The van der Waals surface area contributed by atoms with Gasteiger partial charge in [-0.3, -0.25) is 4.79 Å². The maximum absolute atomic E-state index is 12.9. The van der Waals surface area contributed by atoms with E-state index in [0.29, 0.717) is 5.56 Å². The van der Waals surface area contributed by atoms with E-state index in [1.807, 2.05) is 66.7 Å². The molecule has 5 heteroatoms. The number of carbonyl (C=O) groups excluding carboxylic acids is 1. The molecule has 0 aromatic heterocycles. The summed E-state index contributed by atoms with van der Waals surface area (Å²) >= 11 is 0. The van der Waals surface area contributed by atoms with Crippen molar-refractivity contribution in [2.75, 3.05) is 7.11 Å². The molecule has 0 aliphatic rings. The summed E-state index contributed by atoms with van der Waals surface area (Å²) in [6.07, 6.45) is -0.721. The molecular weight excluding hydrogens is 390 g/mol. The van der Waals surface area contributed by atoms with Gasteiger partial charge in [-0.25, -0.2) is 4.79 Å². The van der Waals surface area contributed by atoms with Crippen LogP contribution in [0.4, 0.5) is 0 Å². The number of methoxy groups -OCH3 is 1. The fourth-order valence-electron chi connectivity index (χ4n) is 4.00. The summed E-state index contributed by atoms with van der Waals surface area (Å²) in [6, 6.07) is 25.8. The first-order chi connectivity index (χ1) is 15.1. The Hall–Kier alpha value is -3.70. The molecule has 2 atom stereocenters. The predicted molar refractivity (Wildman–Crippen MR) is 121 cm³/mol. The Morgan fingerprint density at radius 1 is 0.871 bits per heavy atom. The number of ether oxygens (including phenoxy) is 1. The number of nitrogens with one attached hydrogen (secondary N) is 1. The predicted octanol–water partition coefficient (Wildman–Crippen LogP) is 4.49. The summed E-state index contributed by atoms with van der Waals surface area (Å²) in [4.78, 5) is 25.0. The summed E-state index contributed by atoms with van der Waals surface area (Å²) in [5.74, 6) is -1.57. The smallest absolute Gasteiger partial charge is 0.326 e. The third-order valence-corrected chi connectivity index (χ3v) is 5.48. The van der Waals surface area contributed by atoms with Gasteiger partial charge >= 0.3 is 5.97 Å². The summed E-state index contributed by atoms with van der Waals surface area (Å²) in [7, 11) is 1.44. The second kappa shape index (κ2) is 8.98. The van der Waals surface area contributed by atoms with Crippen LogP contribution in [0.5, 0.6) is 0 Å². The van der Waals surface area contributed by atoms with E-state index in [-0.39, 0.29) is 6.42 Å². The lowest BCUT2D eigenvalue weighted by Gasteiger charge is -2.21. The van der Waals surface area contributed by atoms with Crippen molar-refractivity contribution < 1.29 is 19.4 Å². The number of carboxylic acid groups (broad SMARTS) is 1. The van der Waals surface area contributed by atoms with Crippen molar-refractivity contribution in [3.8, 4) is 0 Å². The zero-order chi connectivity index (χ0) is 21.8. The minimum atomic E-state index is -1.09. The van der Waals surface area contributed by atoms with Crippen molar-refractivity contribution in [3.63, 3.8) is 0 Å². The van der Waals surface area contributed by atoms with Gasteiger partial charge in [-0.15, -0.1) is 0 Å². The van der Waals surface area contributed by atoms with Crippen molar-refractivity contribution >= 4 is 33.4 Å². The van der Waals surface area contributed by atoms with Gasteiger partial charge in [0.1, 0.15) is 6.04 Å². The molecular formula is C26H23NO4. The average molecular weight is 413 g/mol. The maximum Gasteiger partial charge on any atom is 0.326 e. The van der Waals surface area contributed by atoms with Crippen molar-refractivity contribution in [2.45, 2.75) is 18.6 Å². The van der Waals surface area contributed by atoms with Gasteiger partial charge in [0.25, 0.3) is 5.91 Å². The molecule has 0 bridgehead atoms. The maximum atomic E-state index is 12.9. The molecule has 0 saturated heterocycles. The number of carbonyl (C=O) groups is 2. The molecule has 5 nitrogen and oxygen atoms in total. The first-order valence-corrected chi connectivity index (χ1v) is 10.1. The third kappa shape index (κ3) is 4.27. The Balaban J connectivity index is 1.69. The normalized spacial score (nSPS) is 13.1.